The Morgan fingerprint density at radius 3 is 1.81 bits per heavy atom. The molecule has 3 N–H and O–H groups in total. The molecule has 0 radical (unpaired) electrons. The van der Waals surface area contributed by atoms with Gasteiger partial charge in [-0.2, -0.15) is 0 Å². The lowest BCUT2D eigenvalue weighted by Gasteiger charge is -2.26. The molecule has 0 amide bonds. The minimum Gasteiger partial charge on any atom is -0.322 e. The largest absolute Gasteiger partial charge is 0.322 e. The van der Waals surface area contributed by atoms with Gasteiger partial charge in [-0.1, -0.05) is 72.3 Å². The summed E-state index contributed by atoms with van der Waals surface area (Å²) in [4.78, 5) is 0.142. The smallest absolute Gasteiger partial charge is 0.241 e. The molecule has 0 bridgehead atoms. The van der Waals surface area contributed by atoms with E-state index in [0.29, 0.717) is 5.02 Å². The van der Waals surface area contributed by atoms with Crippen LogP contribution in [0.15, 0.2) is 89.8 Å². The molecule has 0 aromatic heterocycles. The van der Waals surface area contributed by atoms with Crippen molar-refractivity contribution in [3.05, 3.63) is 101 Å². The number of nitrogens with two attached hydrogens (primary N) is 1. The molecule has 0 spiro atoms. The lowest BCUT2D eigenvalue weighted by Crippen LogP contribution is -2.36. The van der Waals surface area contributed by atoms with E-state index >= 15 is 0 Å². The Morgan fingerprint density at radius 2 is 1.27 bits per heavy atom. The van der Waals surface area contributed by atoms with Gasteiger partial charge >= 0.3 is 0 Å². The second-order valence-electron chi connectivity index (χ2n) is 5.90. The maximum absolute atomic E-state index is 12.9. The van der Waals surface area contributed by atoms with Crippen molar-refractivity contribution in [2.45, 2.75) is 17.0 Å². The molecule has 134 valence electrons. The van der Waals surface area contributed by atoms with Crippen LogP contribution in [0, 0.1) is 0 Å². The van der Waals surface area contributed by atoms with Crippen molar-refractivity contribution in [3.8, 4) is 0 Å². The van der Waals surface area contributed by atoms with Gasteiger partial charge in [0.05, 0.1) is 17.0 Å². The molecule has 0 aliphatic heterocycles. The maximum Gasteiger partial charge on any atom is 0.241 e. The van der Waals surface area contributed by atoms with Gasteiger partial charge in [0, 0.05) is 5.02 Å². The van der Waals surface area contributed by atoms with E-state index in [0.717, 1.165) is 11.1 Å². The predicted molar refractivity (Wildman–Crippen MR) is 104 cm³/mol. The van der Waals surface area contributed by atoms with E-state index in [2.05, 4.69) is 4.72 Å². The molecule has 4 nitrogen and oxygen atoms in total. The zero-order valence-electron chi connectivity index (χ0n) is 13.9. The highest BCUT2D eigenvalue weighted by Crippen LogP contribution is 2.28. The monoisotopic (exact) mass is 386 g/mol. The van der Waals surface area contributed by atoms with Crippen molar-refractivity contribution in [3.63, 3.8) is 0 Å². The van der Waals surface area contributed by atoms with E-state index in [9.17, 15) is 8.42 Å². The Hall–Kier alpha value is -2.18. The summed E-state index contributed by atoms with van der Waals surface area (Å²) in [5.41, 5.74) is 8.07. The zero-order valence-corrected chi connectivity index (χ0v) is 15.5. The molecule has 0 aliphatic carbocycles. The van der Waals surface area contributed by atoms with Gasteiger partial charge in [0.15, 0.2) is 0 Å². The molecule has 3 aromatic carbocycles. The molecule has 1 unspecified atom stereocenters. The first kappa shape index (κ1) is 18.6. The highest BCUT2D eigenvalue weighted by atomic mass is 35.5. The summed E-state index contributed by atoms with van der Waals surface area (Å²) >= 11 is 5.86. The summed E-state index contributed by atoms with van der Waals surface area (Å²) < 4.78 is 28.5. The topological polar surface area (TPSA) is 72.2 Å². The van der Waals surface area contributed by atoms with E-state index in [1.165, 1.54) is 12.1 Å². The van der Waals surface area contributed by atoms with Gasteiger partial charge in [0.25, 0.3) is 0 Å². The fraction of sp³-hybridized carbons (Fsp3) is 0.100. The third kappa shape index (κ3) is 4.31. The average Bonchev–Trinajstić information content (AvgIpc) is 2.67. The third-order valence-corrected chi connectivity index (χ3v) is 5.82. The fourth-order valence-electron chi connectivity index (χ4n) is 2.73. The first-order valence-corrected chi connectivity index (χ1v) is 9.97. The quantitative estimate of drug-likeness (QED) is 0.671. The molecule has 0 aliphatic rings. The Balaban J connectivity index is 1.97. The molecular weight excluding hydrogens is 368 g/mol. The Labute approximate surface area is 158 Å². The number of rotatable bonds is 6. The molecule has 0 heterocycles. The van der Waals surface area contributed by atoms with Crippen molar-refractivity contribution in [1.82, 2.24) is 4.72 Å². The van der Waals surface area contributed by atoms with E-state index in [1.54, 1.807) is 12.1 Å². The van der Waals surface area contributed by atoms with Crippen molar-refractivity contribution >= 4 is 21.6 Å². The normalized spacial score (nSPS) is 13.9. The lowest BCUT2D eigenvalue weighted by molar-refractivity contribution is 0.504. The first-order chi connectivity index (χ1) is 12.5. The van der Waals surface area contributed by atoms with Crippen LogP contribution in [-0.4, -0.2) is 8.42 Å². The van der Waals surface area contributed by atoms with Gasteiger partial charge in [-0.25, -0.2) is 13.1 Å². The van der Waals surface area contributed by atoms with Crippen LogP contribution in [0.2, 0.25) is 5.02 Å². The van der Waals surface area contributed by atoms with Crippen LogP contribution in [0.4, 0.5) is 0 Å². The molecule has 2 atom stereocenters. The summed E-state index contributed by atoms with van der Waals surface area (Å²) in [6, 6.07) is 23.6. The SMILES string of the molecule is NC(c1ccccc1)[C@H](NS(=O)(=O)c1ccc(Cl)cc1)c1ccccc1. The van der Waals surface area contributed by atoms with Crippen LogP contribution < -0.4 is 10.5 Å². The number of nitrogens with one attached hydrogen (secondary N) is 1. The van der Waals surface area contributed by atoms with E-state index in [-0.39, 0.29) is 4.90 Å². The minimum absolute atomic E-state index is 0.142. The van der Waals surface area contributed by atoms with Gasteiger partial charge < -0.3 is 5.73 Å². The Morgan fingerprint density at radius 1 is 0.769 bits per heavy atom. The van der Waals surface area contributed by atoms with E-state index < -0.39 is 22.1 Å². The van der Waals surface area contributed by atoms with Crippen molar-refractivity contribution in [2.24, 2.45) is 5.73 Å². The van der Waals surface area contributed by atoms with Gasteiger partial charge in [-0.15, -0.1) is 0 Å². The molecule has 6 heteroatoms. The van der Waals surface area contributed by atoms with Crippen molar-refractivity contribution < 1.29 is 8.42 Å². The molecule has 0 saturated heterocycles. The van der Waals surface area contributed by atoms with Crippen LogP contribution in [0.1, 0.15) is 23.2 Å². The highest BCUT2D eigenvalue weighted by molar-refractivity contribution is 7.89. The van der Waals surface area contributed by atoms with Crippen LogP contribution >= 0.6 is 11.6 Å². The summed E-state index contributed by atoms with van der Waals surface area (Å²) in [6.07, 6.45) is 0. The van der Waals surface area contributed by atoms with E-state index in [1.807, 2.05) is 60.7 Å². The molecule has 0 fully saturated rings. The van der Waals surface area contributed by atoms with Gasteiger partial charge in [-0.3, -0.25) is 0 Å². The minimum atomic E-state index is -3.77. The Bertz CT molecular complexity index is 946. The summed E-state index contributed by atoms with van der Waals surface area (Å²) in [7, 11) is -3.77. The van der Waals surface area contributed by atoms with Crippen molar-refractivity contribution in [2.75, 3.05) is 0 Å². The number of hydrogen-bond acceptors (Lipinski definition) is 3. The van der Waals surface area contributed by atoms with Gasteiger partial charge in [-0.05, 0) is 35.4 Å². The van der Waals surface area contributed by atoms with Crippen molar-refractivity contribution in [1.29, 1.82) is 0 Å². The second-order valence-corrected chi connectivity index (χ2v) is 8.05. The summed E-state index contributed by atoms with van der Waals surface area (Å²) in [5, 5.41) is 0.476. The lowest BCUT2D eigenvalue weighted by atomic mass is 9.95. The summed E-state index contributed by atoms with van der Waals surface area (Å²) in [6.45, 7) is 0. The highest BCUT2D eigenvalue weighted by Gasteiger charge is 2.27. The number of hydrogen-bond donors (Lipinski definition) is 2. The second kappa shape index (κ2) is 8.01. The zero-order chi connectivity index (χ0) is 18.6. The molecule has 3 rings (SSSR count). The Kier molecular flexibility index (Phi) is 5.74. The number of benzene rings is 3. The first-order valence-electron chi connectivity index (χ1n) is 8.11. The standard InChI is InChI=1S/C20H19ClN2O2S/c21-17-11-13-18(14-12-17)26(24,25)23-20(16-9-5-2-6-10-16)19(22)15-7-3-1-4-8-15/h1-14,19-20,23H,22H2/t19?,20-/m1/s1. The van der Waals surface area contributed by atoms with E-state index in [4.69, 9.17) is 17.3 Å². The fourth-order valence-corrected chi connectivity index (χ4v) is 4.10. The number of halogens is 1. The van der Waals surface area contributed by atoms with Crippen LogP contribution in [0.5, 0.6) is 0 Å². The average molecular weight is 387 g/mol. The maximum atomic E-state index is 12.9. The molecule has 0 saturated carbocycles. The van der Waals surface area contributed by atoms with Crippen LogP contribution in [0.3, 0.4) is 0 Å². The third-order valence-electron chi connectivity index (χ3n) is 4.11. The van der Waals surface area contributed by atoms with Crippen LogP contribution in [-0.2, 0) is 10.0 Å². The molecule has 26 heavy (non-hydrogen) atoms. The predicted octanol–water partition coefficient (Wildman–Crippen LogP) is 4.06. The van der Waals surface area contributed by atoms with Gasteiger partial charge in [0.2, 0.25) is 10.0 Å². The summed E-state index contributed by atoms with van der Waals surface area (Å²) in [5.74, 6) is 0. The number of sulfonamides is 1. The van der Waals surface area contributed by atoms with Crippen LogP contribution in [0.25, 0.3) is 0 Å². The molecular formula is C20H19ClN2O2S. The van der Waals surface area contributed by atoms with Gasteiger partial charge in [0.1, 0.15) is 0 Å². The molecule has 3 aromatic rings.